The van der Waals surface area contributed by atoms with Crippen LogP contribution in [0, 0.1) is 19.7 Å². The second kappa shape index (κ2) is 13.5. The topological polar surface area (TPSA) is 86.8 Å². The molecule has 2 N–H and O–H groups in total. The van der Waals surface area contributed by atoms with Gasteiger partial charge in [0.1, 0.15) is 11.0 Å². The van der Waals surface area contributed by atoms with Crippen molar-refractivity contribution >= 4 is 29.2 Å². The zero-order valence-electron chi connectivity index (χ0n) is 23.0. The summed E-state index contributed by atoms with van der Waals surface area (Å²) >= 11 is 6.00. The van der Waals surface area contributed by atoms with Crippen LogP contribution >= 0.6 is 11.6 Å². The van der Waals surface area contributed by atoms with Crippen LogP contribution in [0.2, 0.25) is 5.15 Å². The molecule has 4 rings (SSSR count). The summed E-state index contributed by atoms with van der Waals surface area (Å²) in [6.45, 7) is 9.42. The number of hydrogen-bond donors (Lipinski definition) is 2. The molecule has 3 heterocycles. The Kier molecular flexibility index (Phi) is 10.2. The van der Waals surface area contributed by atoms with E-state index >= 15 is 0 Å². The molecule has 0 saturated carbocycles. The fourth-order valence-electron chi connectivity index (χ4n) is 5.57. The average molecular weight is 560 g/mol. The molecule has 2 atom stereocenters. The Balaban J connectivity index is 1.28. The molecule has 1 aromatic heterocycles. The van der Waals surface area contributed by atoms with Gasteiger partial charge in [0.2, 0.25) is 0 Å². The molecular weight excluding hydrogens is 521 g/mol. The van der Waals surface area contributed by atoms with E-state index in [4.69, 9.17) is 16.3 Å². The largest absolute Gasteiger partial charge is 0.376 e. The van der Waals surface area contributed by atoms with Gasteiger partial charge in [-0.3, -0.25) is 4.79 Å². The van der Waals surface area contributed by atoms with Crippen molar-refractivity contribution in [3.63, 3.8) is 0 Å². The molecule has 10 heteroatoms. The first-order valence-electron chi connectivity index (χ1n) is 13.8. The third-order valence-electron chi connectivity index (χ3n) is 7.78. The minimum Gasteiger partial charge on any atom is -0.376 e. The van der Waals surface area contributed by atoms with Crippen molar-refractivity contribution in [3.05, 3.63) is 58.1 Å². The van der Waals surface area contributed by atoms with Gasteiger partial charge >= 0.3 is 6.03 Å². The van der Waals surface area contributed by atoms with Crippen LogP contribution < -0.4 is 10.6 Å². The number of rotatable bonds is 9. The second-order valence-corrected chi connectivity index (χ2v) is 11.0. The Bertz CT molecular complexity index is 1110. The van der Waals surface area contributed by atoms with E-state index in [0.717, 1.165) is 57.4 Å². The summed E-state index contributed by atoms with van der Waals surface area (Å²) in [6, 6.07) is 7.76. The number of nitrogens with zero attached hydrogens (tertiary/aromatic N) is 3. The van der Waals surface area contributed by atoms with E-state index in [-0.39, 0.29) is 35.9 Å². The third kappa shape index (κ3) is 7.90. The molecule has 2 saturated heterocycles. The van der Waals surface area contributed by atoms with Crippen LogP contribution in [0.25, 0.3) is 0 Å². The lowest BCUT2D eigenvalue weighted by Gasteiger charge is -2.41. The molecule has 212 valence electrons. The van der Waals surface area contributed by atoms with Gasteiger partial charge in [0.15, 0.2) is 0 Å². The molecule has 3 amide bonds. The van der Waals surface area contributed by atoms with Gasteiger partial charge in [-0.1, -0.05) is 11.6 Å². The summed E-state index contributed by atoms with van der Waals surface area (Å²) in [5, 5.41) is 6.36. The number of carbonyl (C=O) groups excluding carboxylic acids is 2. The zero-order valence-corrected chi connectivity index (χ0v) is 23.8. The number of nitrogens with one attached hydrogen (secondary N) is 2. The molecule has 2 aliphatic heterocycles. The van der Waals surface area contributed by atoms with Gasteiger partial charge in [-0.05, 0) is 88.8 Å². The van der Waals surface area contributed by atoms with Crippen LogP contribution in [0.1, 0.15) is 60.6 Å². The van der Waals surface area contributed by atoms with Crippen LogP contribution in [0.15, 0.2) is 30.3 Å². The van der Waals surface area contributed by atoms with Gasteiger partial charge < -0.3 is 25.2 Å². The Morgan fingerprint density at radius 2 is 1.92 bits per heavy atom. The van der Waals surface area contributed by atoms with Crippen LogP contribution in [-0.4, -0.2) is 77.7 Å². The van der Waals surface area contributed by atoms with E-state index in [9.17, 15) is 14.0 Å². The zero-order chi connectivity index (χ0) is 27.9. The predicted octanol–water partition coefficient (Wildman–Crippen LogP) is 5.18. The number of hydrogen-bond acceptors (Lipinski definition) is 5. The van der Waals surface area contributed by atoms with Crippen molar-refractivity contribution in [3.8, 4) is 0 Å². The van der Waals surface area contributed by atoms with Gasteiger partial charge in [-0.15, -0.1) is 0 Å². The molecular formula is C29H39ClFN5O3. The number of benzene rings is 1. The fraction of sp³-hybridized carbons (Fsp3) is 0.552. The van der Waals surface area contributed by atoms with Gasteiger partial charge in [-0.25, -0.2) is 14.2 Å². The number of urea groups is 1. The fourth-order valence-corrected chi connectivity index (χ4v) is 5.86. The summed E-state index contributed by atoms with van der Waals surface area (Å²) in [5.41, 5.74) is 2.60. The summed E-state index contributed by atoms with van der Waals surface area (Å²) in [5.74, 6) is -0.463. The normalized spacial score (nSPS) is 19.1. The van der Waals surface area contributed by atoms with E-state index < -0.39 is 0 Å². The molecule has 0 spiro atoms. The lowest BCUT2D eigenvalue weighted by atomic mass is 10.00. The number of halogens is 2. The van der Waals surface area contributed by atoms with Crippen LogP contribution in [0.3, 0.4) is 0 Å². The first-order valence-corrected chi connectivity index (χ1v) is 14.2. The Morgan fingerprint density at radius 1 is 1.21 bits per heavy atom. The van der Waals surface area contributed by atoms with Crippen LogP contribution in [0.4, 0.5) is 14.9 Å². The molecule has 2 aromatic rings. The molecule has 2 fully saturated rings. The Morgan fingerprint density at radius 3 is 2.56 bits per heavy atom. The molecule has 0 radical (unpaired) electrons. The van der Waals surface area contributed by atoms with Gasteiger partial charge in [0.05, 0.1) is 17.4 Å². The van der Waals surface area contributed by atoms with Crippen molar-refractivity contribution in [2.24, 2.45) is 0 Å². The highest BCUT2D eigenvalue weighted by molar-refractivity contribution is 6.29. The molecule has 1 aromatic carbocycles. The summed E-state index contributed by atoms with van der Waals surface area (Å²) in [4.78, 5) is 34.6. The lowest BCUT2D eigenvalue weighted by molar-refractivity contribution is 0.0518. The van der Waals surface area contributed by atoms with Crippen molar-refractivity contribution in [1.82, 2.24) is 20.1 Å². The molecule has 2 aliphatic rings. The SMILES string of the molecule is Cc1cc(Cl)nc(C)c1C(=O)NCCC(C)N1CCC(N(C[C@H]2CCCO2)C(=O)Nc2ccc(F)cc2)CC1. The van der Waals surface area contributed by atoms with E-state index in [0.29, 0.717) is 35.2 Å². The number of likely N-dealkylation sites (tertiary alicyclic amines) is 1. The number of anilines is 1. The maximum atomic E-state index is 13.3. The molecule has 1 unspecified atom stereocenters. The Labute approximate surface area is 235 Å². The summed E-state index contributed by atoms with van der Waals surface area (Å²) in [6.07, 6.45) is 4.54. The third-order valence-corrected chi connectivity index (χ3v) is 7.98. The molecule has 8 nitrogen and oxygen atoms in total. The number of carbonyl (C=O) groups is 2. The van der Waals surface area contributed by atoms with Gasteiger partial charge in [0.25, 0.3) is 5.91 Å². The smallest absolute Gasteiger partial charge is 0.322 e. The molecule has 0 bridgehead atoms. The van der Waals surface area contributed by atoms with E-state index in [1.54, 1.807) is 25.1 Å². The number of aryl methyl sites for hydroxylation is 2. The van der Waals surface area contributed by atoms with Crippen molar-refractivity contribution < 1.29 is 18.7 Å². The Hall–Kier alpha value is -2.75. The van der Waals surface area contributed by atoms with Crippen molar-refractivity contribution in [1.29, 1.82) is 0 Å². The van der Waals surface area contributed by atoms with Gasteiger partial charge in [-0.2, -0.15) is 0 Å². The first kappa shape index (κ1) is 29.2. The number of aromatic nitrogens is 1. The maximum absolute atomic E-state index is 13.3. The molecule has 0 aliphatic carbocycles. The van der Waals surface area contributed by atoms with Crippen molar-refractivity contribution in [2.45, 2.75) is 71.1 Å². The minimum absolute atomic E-state index is 0.0487. The highest BCUT2D eigenvalue weighted by Crippen LogP contribution is 2.24. The first-order chi connectivity index (χ1) is 18.7. The highest BCUT2D eigenvalue weighted by Gasteiger charge is 2.32. The van der Waals surface area contributed by atoms with E-state index in [1.807, 2.05) is 11.8 Å². The van der Waals surface area contributed by atoms with E-state index in [1.165, 1.54) is 12.1 Å². The van der Waals surface area contributed by atoms with Gasteiger partial charge in [0, 0.05) is 50.6 Å². The minimum atomic E-state index is -0.336. The number of piperidine rings is 1. The summed E-state index contributed by atoms with van der Waals surface area (Å²) in [7, 11) is 0. The number of ether oxygens (including phenoxy) is 1. The highest BCUT2D eigenvalue weighted by atomic mass is 35.5. The van der Waals surface area contributed by atoms with Crippen LogP contribution in [0.5, 0.6) is 0 Å². The maximum Gasteiger partial charge on any atom is 0.322 e. The van der Waals surface area contributed by atoms with Crippen molar-refractivity contribution in [2.75, 3.05) is 38.1 Å². The average Bonchev–Trinajstić information content (AvgIpc) is 3.41. The monoisotopic (exact) mass is 559 g/mol. The second-order valence-electron chi connectivity index (χ2n) is 10.6. The lowest BCUT2D eigenvalue weighted by Crippen LogP contribution is -2.52. The molecule has 39 heavy (non-hydrogen) atoms. The van der Waals surface area contributed by atoms with E-state index in [2.05, 4.69) is 27.4 Å². The predicted molar refractivity (Wildman–Crippen MR) is 151 cm³/mol. The number of pyridine rings is 1. The standard InChI is InChI=1S/C29H39ClFN5O3/c1-19-17-26(30)33-21(3)27(19)28(37)32-13-10-20(2)35-14-11-24(12-15-35)36(18-25-5-4-16-39-25)29(38)34-23-8-6-22(31)7-9-23/h6-9,17,20,24-25H,4-5,10-16,18H2,1-3H3,(H,32,37)(H,34,38)/t20?,25-/m1/s1. The number of amides is 3. The van der Waals surface area contributed by atoms with Crippen LogP contribution in [-0.2, 0) is 4.74 Å². The quantitative estimate of drug-likeness (QED) is 0.414. The summed E-state index contributed by atoms with van der Waals surface area (Å²) < 4.78 is 19.2.